The van der Waals surface area contributed by atoms with Crippen molar-refractivity contribution in [3.63, 3.8) is 0 Å². The number of H-pyrrole nitrogens is 1. The molecule has 2 aromatic rings. The van der Waals surface area contributed by atoms with Crippen LogP contribution >= 0.6 is 28.3 Å². The fraction of sp³-hybridized carbons (Fsp3) is 0.529. The summed E-state index contributed by atoms with van der Waals surface area (Å²) < 4.78 is 40.5. The summed E-state index contributed by atoms with van der Waals surface area (Å²) in [6, 6.07) is 0.0193. The highest BCUT2D eigenvalue weighted by Gasteiger charge is 2.68. The van der Waals surface area contributed by atoms with Gasteiger partial charge in [0.1, 0.15) is 11.1 Å². The summed E-state index contributed by atoms with van der Waals surface area (Å²) in [5, 5.41) is 3.07. The van der Waals surface area contributed by atoms with Gasteiger partial charge in [0.2, 0.25) is 5.91 Å². The third-order valence-corrected chi connectivity index (χ3v) is 5.96. The molecule has 0 radical (unpaired) electrons. The van der Waals surface area contributed by atoms with Crippen LogP contribution in [-0.2, 0) is 4.79 Å². The van der Waals surface area contributed by atoms with E-state index >= 15 is 0 Å². The monoisotopic (exact) mass is 481 g/mol. The van der Waals surface area contributed by atoms with E-state index in [0.29, 0.717) is 27.7 Å². The van der Waals surface area contributed by atoms with Crippen LogP contribution in [0.5, 0.6) is 0 Å². The lowest BCUT2D eigenvalue weighted by Gasteiger charge is -2.33. The summed E-state index contributed by atoms with van der Waals surface area (Å²) in [6.07, 6.45) is 0.0547. The van der Waals surface area contributed by atoms with Crippen LogP contribution in [0, 0.1) is 5.41 Å². The molecule has 28 heavy (non-hydrogen) atoms. The van der Waals surface area contributed by atoms with Gasteiger partial charge < -0.3 is 20.9 Å². The second kappa shape index (κ2) is 7.38. The number of nitrogens with two attached hydrogens (primary N) is 1. The van der Waals surface area contributed by atoms with Crippen LogP contribution in [0.1, 0.15) is 25.7 Å². The van der Waals surface area contributed by atoms with Gasteiger partial charge >= 0.3 is 6.18 Å². The number of rotatable bonds is 3. The molecule has 4 N–H and O–H groups in total. The Morgan fingerprint density at radius 1 is 1.43 bits per heavy atom. The second-order valence-corrected chi connectivity index (χ2v) is 8.12. The summed E-state index contributed by atoms with van der Waals surface area (Å²) in [7, 11) is 0. The zero-order valence-electron chi connectivity index (χ0n) is 14.8. The highest BCUT2D eigenvalue weighted by atomic mass is 79.9. The van der Waals surface area contributed by atoms with Crippen LogP contribution < -0.4 is 16.0 Å². The van der Waals surface area contributed by atoms with E-state index < -0.39 is 17.5 Å². The Bertz CT molecular complexity index is 899. The van der Waals surface area contributed by atoms with Gasteiger partial charge in [0.25, 0.3) is 0 Å². The van der Waals surface area contributed by atoms with Gasteiger partial charge in [-0.05, 0) is 41.6 Å². The topological polar surface area (TPSA) is 87.0 Å². The molecule has 1 amide bonds. The van der Waals surface area contributed by atoms with E-state index in [1.54, 1.807) is 6.20 Å². The van der Waals surface area contributed by atoms with E-state index in [-0.39, 0.29) is 31.3 Å². The molecule has 0 aromatic carbocycles. The van der Waals surface area contributed by atoms with Crippen molar-refractivity contribution >= 4 is 56.7 Å². The molecule has 4 rings (SSSR count). The first-order chi connectivity index (χ1) is 12.7. The van der Waals surface area contributed by atoms with Crippen molar-refractivity contribution in [1.82, 2.24) is 9.97 Å². The minimum Gasteiger partial charge on any atom is -0.368 e. The summed E-state index contributed by atoms with van der Waals surface area (Å²) >= 11 is 3.49. The van der Waals surface area contributed by atoms with E-state index in [0.717, 1.165) is 25.1 Å². The van der Waals surface area contributed by atoms with Crippen LogP contribution in [0.3, 0.4) is 0 Å². The number of nitrogens with one attached hydrogen (secondary N) is 2. The Balaban J connectivity index is 0.00000225. The number of alkyl halides is 3. The summed E-state index contributed by atoms with van der Waals surface area (Å²) in [4.78, 5) is 21.7. The molecule has 2 aromatic heterocycles. The molecule has 3 heterocycles. The van der Waals surface area contributed by atoms with Crippen LogP contribution in [0.2, 0.25) is 0 Å². The number of amides is 1. The first kappa shape index (κ1) is 21.2. The highest BCUT2D eigenvalue weighted by molar-refractivity contribution is 9.10. The lowest BCUT2D eigenvalue weighted by molar-refractivity contribution is -0.189. The number of aromatic amines is 1. The molecule has 1 aliphatic heterocycles. The third kappa shape index (κ3) is 3.46. The number of hydrogen-bond acceptors (Lipinski definition) is 4. The van der Waals surface area contributed by atoms with Gasteiger partial charge in [-0.3, -0.25) is 4.79 Å². The first-order valence-corrected chi connectivity index (χ1v) is 9.56. The Labute approximate surface area is 174 Å². The molecule has 0 bridgehead atoms. The molecule has 2 fully saturated rings. The second-order valence-electron chi connectivity index (χ2n) is 7.26. The van der Waals surface area contributed by atoms with Crippen molar-refractivity contribution in [3.05, 3.63) is 16.9 Å². The van der Waals surface area contributed by atoms with E-state index in [4.69, 9.17) is 5.73 Å². The molecule has 1 saturated carbocycles. The molecule has 0 spiro atoms. The van der Waals surface area contributed by atoms with E-state index in [1.165, 1.54) is 6.20 Å². The smallest absolute Gasteiger partial charge is 0.368 e. The van der Waals surface area contributed by atoms with Crippen molar-refractivity contribution in [3.8, 4) is 0 Å². The maximum atomic E-state index is 13.3. The molecular weight excluding hydrogens is 463 g/mol. The van der Waals surface area contributed by atoms with E-state index in [1.807, 2.05) is 0 Å². The Morgan fingerprint density at radius 3 is 2.75 bits per heavy atom. The molecule has 1 atom stereocenters. The van der Waals surface area contributed by atoms with E-state index in [9.17, 15) is 18.0 Å². The average molecular weight is 483 g/mol. The number of halogens is 5. The molecule has 6 nitrogen and oxygen atoms in total. The predicted molar refractivity (Wildman–Crippen MR) is 107 cm³/mol. The number of carbonyl (C=O) groups excluding carboxylic acids is 1. The average Bonchev–Trinajstić information content (AvgIpc) is 3.33. The van der Waals surface area contributed by atoms with Gasteiger partial charge in [-0.2, -0.15) is 13.2 Å². The standard InChI is InChI=1S/C17H19BrF3N5O.ClH/c18-10-6-23-14-12(13(10)26-5-1-2-9(22)8-26)11(7-24-14)25-15(27)16(3-4-16)17(19,20)21;/h6-7,9H,1-5,8,22H2,(H,23,24)(H,25,27);1H/t9-;/m1./s1. The molecule has 1 saturated heterocycles. The van der Waals surface area contributed by atoms with Gasteiger partial charge in [-0.15, -0.1) is 12.4 Å². The van der Waals surface area contributed by atoms with Crippen LogP contribution in [-0.4, -0.2) is 41.2 Å². The number of fused-ring (bicyclic) bond motifs is 1. The van der Waals surface area contributed by atoms with Crippen LogP contribution in [0.4, 0.5) is 24.5 Å². The lowest BCUT2D eigenvalue weighted by Crippen LogP contribution is -2.43. The fourth-order valence-electron chi connectivity index (χ4n) is 3.68. The predicted octanol–water partition coefficient (Wildman–Crippen LogP) is 3.96. The minimum atomic E-state index is -4.55. The van der Waals surface area contributed by atoms with Crippen LogP contribution in [0.25, 0.3) is 11.0 Å². The Morgan fingerprint density at radius 2 is 2.14 bits per heavy atom. The molecular formula is C17H20BrClF3N5O. The van der Waals surface area contributed by atoms with Gasteiger partial charge in [-0.1, -0.05) is 0 Å². The van der Waals surface area contributed by atoms with Crippen LogP contribution in [0.15, 0.2) is 16.9 Å². The number of aromatic nitrogens is 2. The number of hydrogen-bond donors (Lipinski definition) is 3. The zero-order valence-corrected chi connectivity index (χ0v) is 17.2. The molecule has 2 aliphatic rings. The summed E-state index contributed by atoms with van der Waals surface area (Å²) in [5.41, 5.74) is 5.39. The van der Waals surface area contributed by atoms with Gasteiger partial charge in [-0.25, -0.2) is 4.98 Å². The number of nitrogens with zero attached hydrogens (tertiary/aromatic N) is 2. The number of piperidine rings is 1. The van der Waals surface area contributed by atoms with Crippen molar-refractivity contribution in [2.45, 2.75) is 37.9 Å². The minimum absolute atomic E-state index is 0. The quantitative estimate of drug-likeness (QED) is 0.618. The number of pyridine rings is 1. The maximum Gasteiger partial charge on any atom is 0.403 e. The van der Waals surface area contributed by atoms with Gasteiger partial charge in [0, 0.05) is 31.5 Å². The molecule has 0 unspecified atom stereocenters. The van der Waals surface area contributed by atoms with Crippen molar-refractivity contribution in [1.29, 1.82) is 0 Å². The lowest BCUT2D eigenvalue weighted by atomic mass is 10.0. The van der Waals surface area contributed by atoms with Gasteiger partial charge in [0.15, 0.2) is 0 Å². The Kier molecular flexibility index (Phi) is 5.59. The zero-order chi connectivity index (χ0) is 19.4. The summed E-state index contributed by atoms with van der Waals surface area (Å²) in [5.74, 6) is -1.02. The normalized spacial score (nSPS) is 21.3. The SMILES string of the molecule is Cl.N[C@@H]1CCCN(c2c(Br)cnc3[nH]cc(NC(=O)C4(C(F)(F)F)CC4)c23)C1. The van der Waals surface area contributed by atoms with Crippen molar-refractivity contribution < 1.29 is 18.0 Å². The largest absolute Gasteiger partial charge is 0.403 e. The first-order valence-electron chi connectivity index (χ1n) is 8.77. The Hall–Kier alpha value is -1.52. The maximum absolute atomic E-state index is 13.3. The van der Waals surface area contributed by atoms with Crippen molar-refractivity contribution in [2.24, 2.45) is 11.1 Å². The fourth-order valence-corrected chi connectivity index (χ4v) is 4.23. The highest BCUT2D eigenvalue weighted by Crippen LogP contribution is 2.58. The third-order valence-electron chi connectivity index (χ3n) is 5.38. The van der Waals surface area contributed by atoms with Crippen molar-refractivity contribution in [2.75, 3.05) is 23.3 Å². The summed E-state index contributed by atoms with van der Waals surface area (Å²) in [6.45, 7) is 1.40. The number of anilines is 2. The molecule has 11 heteroatoms. The number of carbonyl (C=O) groups is 1. The van der Waals surface area contributed by atoms with Gasteiger partial charge in [0.05, 0.1) is 21.2 Å². The van der Waals surface area contributed by atoms with E-state index in [2.05, 4.69) is 36.1 Å². The molecule has 1 aliphatic carbocycles. The molecule has 154 valence electrons.